The van der Waals surface area contributed by atoms with Crippen molar-refractivity contribution in [3.63, 3.8) is 0 Å². The second kappa shape index (κ2) is 10.3. The van der Waals surface area contributed by atoms with Crippen LogP contribution < -0.4 is 4.74 Å². The zero-order chi connectivity index (χ0) is 19.6. The van der Waals surface area contributed by atoms with Crippen molar-refractivity contribution < 1.29 is 19.1 Å². The number of aryl methyl sites for hydroxylation is 1. The van der Waals surface area contributed by atoms with Gasteiger partial charge in [0.25, 0.3) is 0 Å². The molecule has 0 fully saturated rings. The van der Waals surface area contributed by atoms with Crippen LogP contribution in [-0.2, 0) is 17.7 Å². The molecule has 3 aromatic rings. The fraction of sp³-hybridized carbons (Fsp3) is 0.333. The fourth-order valence-corrected chi connectivity index (χ4v) is 2.57. The Balaban J connectivity index is 1.53. The molecule has 0 aliphatic heterocycles. The molecule has 0 atom stereocenters. The van der Waals surface area contributed by atoms with E-state index in [2.05, 4.69) is 28.9 Å². The molecule has 2 aromatic heterocycles. The predicted octanol–water partition coefficient (Wildman–Crippen LogP) is 2.27. The summed E-state index contributed by atoms with van der Waals surface area (Å²) in [5.41, 5.74) is 1.66. The third-order valence-corrected chi connectivity index (χ3v) is 3.93. The maximum Gasteiger partial charge on any atom is 0.210 e. The lowest BCUT2D eigenvalue weighted by Gasteiger charge is -2.06. The molecule has 0 radical (unpaired) electrons. The van der Waals surface area contributed by atoms with Gasteiger partial charge in [-0.25, -0.2) is 4.98 Å². The van der Waals surface area contributed by atoms with E-state index in [4.69, 9.17) is 19.1 Å². The lowest BCUT2D eigenvalue weighted by molar-refractivity contribution is 0.0705. The number of benzene rings is 1. The summed E-state index contributed by atoms with van der Waals surface area (Å²) in [5.74, 6) is 8.32. The molecule has 146 valence electrons. The van der Waals surface area contributed by atoms with Crippen molar-refractivity contribution in [1.82, 2.24) is 14.7 Å². The molecule has 0 saturated carbocycles. The molecule has 0 unspecified atom stereocenters. The van der Waals surface area contributed by atoms with Crippen molar-refractivity contribution in [2.24, 2.45) is 0 Å². The summed E-state index contributed by atoms with van der Waals surface area (Å²) in [5, 5.41) is 12.7. The Morgan fingerprint density at radius 1 is 1.14 bits per heavy atom. The summed E-state index contributed by atoms with van der Waals surface area (Å²) in [6, 6.07) is 9.32. The van der Waals surface area contributed by atoms with Crippen LogP contribution in [-0.4, -0.2) is 46.2 Å². The second-order valence-corrected chi connectivity index (χ2v) is 5.97. The van der Waals surface area contributed by atoms with Crippen molar-refractivity contribution in [1.29, 1.82) is 0 Å². The van der Waals surface area contributed by atoms with Crippen molar-refractivity contribution >= 4 is 0 Å². The summed E-state index contributed by atoms with van der Waals surface area (Å²) >= 11 is 0. The first-order valence-electron chi connectivity index (χ1n) is 9.17. The first kappa shape index (κ1) is 19.7. The first-order chi connectivity index (χ1) is 13.8. The number of hydrogen-bond donors (Lipinski definition) is 1. The van der Waals surface area contributed by atoms with E-state index in [1.54, 1.807) is 6.20 Å². The standard InChI is InChI=1S/C21H23N3O4/c1-2-21-22-9-10-24(21)16-18-15-20(28-23-18)8-5-17-3-6-19(7-4-17)27-14-13-26-12-11-25/h3-4,6-7,9-10,15,25H,2,11-14,16H2,1H3. The van der Waals surface area contributed by atoms with Gasteiger partial charge < -0.3 is 23.7 Å². The van der Waals surface area contributed by atoms with E-state index in [1.165, 1.54) is 0 Å². The van der Waals surface area contributed by atoms with Gasteiger partial charge in [-0.3, -0.25) is 0 Å². The van der Waals surface area contributed by atoms with Gasteiger partial charge in [-0.15, -0.1) is 0 Å². The van der Waals surface area contributed by atoms with E-state index in [0.29, 0.717) is 32.1 Å². The van der Waals surface area contributed by atoms with Crippen LogP contribution in [0.5, 0.6) is 5.75 Å². The molecule has 7 heteroatoms. The quantitative estimate of drug-likeness (QED) is 0.452. The summed E-state index contributed by atoms with van der Waals surface area (Å²) in [6.07, 6.45) is 4.59. The van der Waals surface area contributed by atoms with Crippen LogP contribution in [0.4, 0.5) is 0 Å². The molecule has 0 aliphatic rings. The average Bonchev–Trinajstić information content (AvgIpc) is 3.36. The number of imidazole rings is 1. The summed E-state index contributed by atoms with van der Waals surface area (Å²) < 4.78 is 18.0. The van der Waals surface area contributed by atoms with E-state index >= 15 is 0 Å². The SMILES string of the molecule is CCc1nccn1Cc1cc(C#Cc2ccc(OCCOCCO)cc2)on1. The Bertz CT molecular complexity index is 919. The molecule has 0 bridgehead atoms. The van der Waals surface area contributed by atoms with Crippen LogP contribution in [0.15, 0.2) is 47.2 Å². The highest BCUT2D eigenvalue weighted by Crippen LogP contribution is 2.12. The Hall–Kier alpha value is -3.08. The van der Waals surface area contributed by atoms with Gasteiger partial charge in [0.2, 0.25) is 5.76 Å². The summed E-state index contributed by atoms with van der Waals surface area (Å²) in [4.78, 5) is 4.30. The molecular formula is C21H23N3O4. The van der Waals surface area contributed by atoms with Crippen LogP contribution in [0.25, 0.3) is 0 Å². The summed E-state index contributed by atoms with van der Waals surface area (Å²) in [6.45, 7) is 3.90. The van der Waals surface area contributed by atoms with E-state index < -0.39 is 0 Å². The maximum absolute atomic E-state index is 8.63. The average molecular weight is 381 g/mol. The minimum atomic E-state index is 0.0172. The van der Waals surface area contributed by atoms with Gasteiger partial charge >= 0.3 is 0 Å². The number of hydrogen-bond acceptors (Lipinski definition) is 6. The molecule has 3 rings (SSSR count). The van der Waals surface area contributed by atoms with Gasteiger partial charge in [-0.2, -0.15) is 0 Å². The number of ether oxygens (including phenoxy) is 2. The number of aliphatic hydroxyl groups is 1. The Morgan fingerprint density at radius 2 is 2.00 bits per heavy atom. The van der Waals surface area contributed by atoms with Gasteiger partial charge in [0.05, 0.1) is 26.4 Å². The summed E-state index contributed by atoms with van der Waals surface area (Å²) in [7, 11) is 0. The number of aliphatic hydroxyl groups excluding tert-OH is 1. The third-order valence-electron chi connectivity index (χ3n) is 3.93. The molecule has 1 aromatic carbocycles. The molecule has 0 aliphatic carbocycles. The monoisotopic (exact) mass is 381 g/mol. The Labute approximate surface area is 163 Å². The van der Waals surface area contributed by atoms with Crippen LogP contribution in [0, 0.1) is 11.8 Å². The lowest BCUT2D eigenvalue weighted by atomic mass is 10.2. The van der Waals surface area contributed by atoms with Crippen LogP contribution in [0.2, 0.25) is 0 Å². The number of aromatic nitrogens is 3. The molecule has 0 spiro atoms. The minimum Gasteiger partial charge on any atom is -0.491 e. The highest BCUT2D eigenvalue weighted by atomic mass is 16.5. The van der Waals surface area contributed by atoms with Crippen molar-refractivity contribution in [3.05, 3.63) is 65.6 Å². The maximum atomic E-state index is 8.63. The minimum absolute atomic E-state index is 0.0172. The van der Waals surface area contributed by atoms with Gasteiger partial charge in [-0.1, -0.05) is 18.0 Å². The molecule has 2 heterocycles. The normalized spacial score (nSPS) is 10.5. The zero-order valence-corrected chi connectivity index (χ0v) is 15.8. The van der Waals surface area contributed by atoms with Crippen molar-refractivity contribution in [2.75, 3.05) is 26.4 Å². The van der Waals surface area contributed by atoms with E-state index in [-0.39, 0.29) is 6.61 Å². The molecule has 28 heavy (non-hydrogen) atoms. The third kappa shape index (κ3) is 5.71. The van der Waals surface area contributed by atoms with Crippen LogP contribution >= 0.6 is 0 Å². The largest absolute Gasteiger partial charge is 0.491 e. The molecular weight excluding hydrogens is 358 g/mol. The fourth-order valence-electron chi connectivity index (χ4n) is 2.57. The number of nitrogens with zero attached hydrogens (tertiary/aromatic N) is 3. The molecule has 1 N–H and O–H groups in total. The smallest absolute Gasteiger partial charge is 0.210 e. The molecule has 0 amide bonds. The van der Waals surface area contributed by atoms with E-state index in [0.717, 1.165) is 29.3 Å². The predicted molar refractivity (Wildman–Crippen MR) is 103 cm³/mol. The van der Waals surface area contributed by atoms with Crippen LogP contribution in [0.3, 0.4) is 0 Å². The van der Waals surface area contributed by atoms with Gasteiger partial charge in [0.15, 0.2) is 0 Å². The van der Waals surface area contributed by atoms with E-state index in [9.17, 15) is 0 Å². The zero-order valence-electron chi connectivity index (χ0n) is 15.8. The van der Waals surface area contributed by atoms with Gasteiger partial charge in [-0.05, 0) is 30.2 Å². The highest BCUT2D eigenvalue weighted by Gasteiger charge is 2.06. The van der Waals surface area contributed by atoms with Crippen molar-refractivity contribution in [2.45, 2.75) is 19.9 Å². The Morgan fingerprint density at radius 3 is 2.79 bits per heavy atom. The van der Waals surface area contributed by atoms with Crippen molar-refractivity contribution in [3.8, 4) is 17.6 Å². The first-order valence-corrected chi connectivity index (χ1v) is 9.17. The highest BCUT2D eigenvalue weighted by molar-refractivity contribution is 5.41. The molecule has 0 saturated heterocycles. The van der Waals surface area contributed by atoms with Gasteiger partial charge in [0, 0.05) is 30.4 Å². The van der Waals surface area contributed by atoms with Gasteiger partial charge in [0.1, 0.15) is 23.9 Å². The number of rotatable bonds is 9. The van der Waals surface area contributed by atoms with E-state index in [1.807, 2.05) is 41.1 Å². The second-order valence-electron chi connectivity index (χ2n) is 5.97. The lowest BCUT2D eigenvalue weighted by Crippen LogP contribution is -2.08. The molecule has 7 nitrogen and oxygen atoms in total. The van der Waals surface area contributed by atoms with Crippen LogP contribution in [0.1, 0.15) is 29.8 Å². The Kier molecular flexibility index (Phi) is 7.24. The topological polar surface area (TPSA) is 82.5 Å².